The van der Waals surface area contributed by atoms with Crippen molar-refractivity contribution in [2.75, 3.05) is 26.0 Å². The van der Waals surface area contributed by atoms with E-state index in [1.54, 1.807) is 0 Å². The second kappa shape index (κ2) is 16.3. The Morgan fingerprint density at radius 2 is 1.42 bits per heavy atom. The minimum Gasteiger partial charge on any atom is -0.405 e. The quantitative estimate of drug-likeness (QED) is 0.356. The number of hydrogen-bond donors (Lipinski definition) is 3. The number of nitrogens with one attached hydrogen (secondary N) is 2. The standard InChI is InChI=1S/C28H28N2.C2H7N.C2H5N.C2H6/c1-20-8-16-25(17-9-20)29-27-18-28(27)30-19-26(21(30)2)24-14-12-23(13-15-24)11-10-22-6-4-3-5-7-22;1-3-2;1-2-3;1-2/h3-9,12-17,21,26-29H,18-19H2,1-2H3;3H,1-2H3;2H,1,3H2;1-2H3/t21-,26-,27?,28?;;;/m0.../s1. The van der Waals surface area contributed by atoms with E-state index in [-0.39, 0.29) is 0 Å². The molecule has 3 aromatic carbocycles. The SMILES string of the molecule is C=CN.CC.CNC.Cc1ccc(NC2CC2N2C[C@H](c3ccc(C#Cc4ccccc4)cc3)[C@@H]2C)cc1. The summed E-state index contributed by atoms with van der Waals surface area (Å²) in [7, 11) is 3.75. The molecule has 3 aromatic rings. The van der Waals surface area contributed by atoms with E-state index in [1.165, 1.54) is 29.4 Å². The zero-order chi connectivity index (χ0) is 27.9. The number of rotatable bonds is 4. The molecular formula is C34H46N4. The number of aryl methyl sites for hydroxylation is 1. The molecule has 1 aliphatic heterocycles. The van der Waals surface area contributed by atoms with Crippen molar-refractivity contribution in [3.8, 4) is 11.8 Å². The van der Waals surface area contributed by atoms with Crippen molar-refractivity contribution in [1.82, 2.24) is 10.2 Å². The van der Waals surface area contributed by atoms with Gasteiger partial charge in [-0.25, -0.2) is 0 Å². The second-order valence-electron chi connectivity index (χ2n) is 9.44. The monoisotopic (exact) mass is 510 g/mol. The molecule has 202 valence electrons. The van der Waals surface area contributed by atoms with Crippen LogP contribution in [0.5, 0.6) is 0 Å². The van der Waals surface area contributed by atoms with E-state index in [2.05, 4.69) is 102 Å². The first kappa shape index (κ1) is 30.7. The number of benzene rings is 3. The molecule has 0 aromatic heterocycles. The van der Waals surface area contributed by atoms with E-state index in [0.717, 1.165) is 17.7 Å². The van der Waals surface area contributed by atoms with Crippen molar-refractivity contribution in [3.63, 3.8) is 0 Å². The van der Waals surface area contributed by atoms with Gasteiger partial charge in [0.1, 0.15) is 0 Å². The number of likely N-dealkylation sites (tertiary alicyclic amines) is 1. The van der Waals surface area contributed by atoms with Crippen LogP contribution in [0.4, 0.5) is 5.69 Å². The molecule has 4 N–H and O–H groups in total. The Morgan fingerprint density at radius 1 is 0.895 bits per heavy atom. The molecule has 1 aliphatic carbocycles. The highest BCUT2D eigenvalue weighted by molar-refractivity contribution is 5.48. The zero-order valence-electron chi connectivity index (χ0n) is 24.0. The van der Waals surface area contributed by atoms with Crippen molar-refractivity contribution in [3.05, 3.63) is 114 Å². The summed E-state index contributed by atoms with van der Waals surface area (Å²) in [5.74, 6) is 7.14. The predicted octanol–water partition coefficient (Wildman–Crippen LogP) is 6.39. The Morgan fingerprint density at radius 3 is 1.95 bits per heavy atom. The molecule has 38 heavy (non-hydrogen) atoms. The van der Waals surface area contributed by atoms with Gasteiger partial charge in [-0.15, -0.1) is 0 Å². The van der Waals surface area contributed by atoms with E-state index in [1.807, 2.05) is 58.3 Å². The molecule has 2 aliphatic rings. The third-order valence-electron chi connectivity index (χ3n) is 6.56. The lowest BCUT2D eigenvalue weighted by Crippen LogP contribution is -2.54. The minimum atomic E-state index is 0.590. The Bertz CT molecular complexity index is 1130. The fourth-order valence-corrected chi connectivity index (χ4v) is 4.51. The molecule has 1 saturated carbocycles. The predicted molar refractivity (Wildman–Crippen MR) is 165 cm³/mol. The fourth-order valence-electron chi connectivity index (χ4n) is 4.51. The number of nitrogens with two attached hydrogens (primary N) is 1. The van der Waals surface area contributed by atoms with E-state index < -0.39 is 0 Å². The Balaban J connectivity index is 0.000000571. The van der Waals surface area contributed by atoms with Crippen LogP contribution in [0.1, 0.15) is 55.4 Å². The van der Waals surface area contributed by atoms with Crippen LogP contribution in [-0.2, 0) is 0 Å². The van der Waals surface area contributed by atoms with E-state index >= 15 is 0 Å². The molecule has 1 heterocycles. The van der Waals surface area contributed by atoms with Gasteiger partial charge in [0.15, 0.2) is 0 Å². The van der Waals surface area contributed by atoms with Crippen LogP contribution in [0.25, 0.3) is 0 Å². The van der Waals surface area contributed by atoms with Crippen LogP contribution < -0.4 is 16.4 Å². The van der Waals surface area contributed by atoms with Gasteiger partial charge >= 0.3 is 0 Å². The first-order valence-electron chi connectivity index (χ1n) is 13.7. The maximum atomic E-state index is 4.61. The average Bonchev–Trinajstić information content (AvgIpc) is 3.69. The fraction of sp³-hybridized carbons (Fsp3) is 0.353. The van der Waals surface area contributed by atoms with Gasteiger partial charge in [-0.05, 0) is 82.5 Å². The zero-order valence-corrected chi connectivity index (χ0v) is 24.0. The third kappa shape index (κ3) is 9.10. The number of hydrogen-bond acceptors (Lipinski definition) is 4. The first-order chi connectivity index (χ1) is 18.5. The highest BCUT2D eigenvalue weighted by atomic mass is 15.3. The van der Waals surface area contributed by atoms with Gasteiger partial charge in [-0.2, -0.15) is 0 Å². The maximum Gasteiger partial charge on any atom is 0.0433 e. The molecule has 4 nitrogen and oxygen atoms in total. The van der Waals surface area contributed by atoms with Crippen LogP contribution in [0.15, 0.2) is 91.6 Å². The van der Waals surface area contributed by atoms with E-state index in [9.17, 15) is 0 Å². The van der Waals surface area contributed by atoms with Gasteiger partial charge in [0, 0.05) is 47.4 Å². The summed E-state index contributed by atoms with van der Waals surface area (Å²) in [5, 5.41) is 6.45. The van der Waals surface area contributed by atoms with Crippen LogP contribution >= 0.6 is 0 Å². The van der Waals surface area contributed by atoms with Crippen LogP contribution in [0, 0.1) is 18.8 Å². The topological polar surface area (TPSA) is 53.3 Å². The van der Waals surface area contributed by atoms with Crippen LogP contribution in [0.2, 0.25) is 0 Å². The van der Waals surface area contributed by atoms with Crippen molar-refractivity contribution in [2.24, 2.45) is 5.73 Å². The summed E-state index contributed by atoms with van der Waals surface area (Å²) in [4.78, 5) is 2.67. The van der Waals surface area contributed by atoms with E-state index in [0.29, 0.717) is 24.0 Å². The maximum absolute atomic E-state index is 4.61. The number of nitrogens with zero attached hydrogens (tertiary/aromatic N) is 1. The Labute approximate surface area is 231 Å². The molecule has 0 amide bonds. The van der Waals surface area contributed by atoms with Gasteiger partial charge < -0.3 is 16.4 Å². The lowest BCUT2D eigenvalue weighted by Gasteiger charge is -2.47. The molecule has 0 radical (unpaired) electrons. The Kier molecular flexibility index (Phi) is 13.2. The largest absolute Gasteiger partial charge is 0.405 e. The minimum absolute atomic E-state index is 0.590. The summed E-state index contributed by atoms with van der Waals surface area (Å²) in [5.41, 5.74) is 10.7. The van der Waals surface area contributed by atoms with Gasteiger partial charge in [-0.1, -0.05) is 80.3 Å². The van der Waals surface area contributed by atoms with Gasteiger partial charge in [0.2, 0.25) is 0 Å². The molecular weight excluding hydrogens is 464 g/mol. The lowest BCUT2D eigenvalue weighted by molar-refractivity contribution is 0.0626. The summed E-state index contributed by atoms with van der Waals surface area (Å²) in [6, 6.07) is 29.6. The lowest BCUT2D eigenvalue weighted by atomic mass is 9.83. The summed E-state index contributed by atoms with van der Waals surface area (Å²) in [6.45, 7) is 12.8. The second-order valence-corrected chi connectivity index (χ2v) is 9.44. The average molecular weight is 511 g/mol. The molecule has 4 atom stereocenters. The highest BCUT2D eigenvalue weighted by Crippen LogP contribution is 2.43. The molecule has 2 fully saturated rings. The molecule has 0 bridgehead atoms. The van der Waals surface area contributed by atoms with Crippen molar-refractivity contribution < 1.29 is 0 Å². The Hall–Kier alpha value is -3.52. The van der Waals surface area contributed by atoms with E-state index in [4.69, 9.17) is 0 Å². The smallest absolute Gasteiger partial charge is 0.0433 e. The van der Waals surface area contributed by atoms with Crippen molar-refractivity contribution in [1.29, 1.82) is 0 Å². The summed E-state index contributed by atoms with van der Waals surface area (Å²) < 4.78 is 0. The van der Waals surface area contributed by atoms with Crippen LogP contribution in [-0.4, -0.2) is 43.7 Å². The number of anilines is 1. The normalized spacial score (nSPS) is 20.7. The van der Waals surface area contributed by atoms with Crippen molar-refractivity contribution in [2.45, 2.75) is 58.2 Å². The molecule has 2 unspecified atom stereocenters. The van der Waals surface area contributed by atoms with Gasteiger partial charge in [0.25, 0.3) is 0 Å². The molecule has 1 saturated heterocycles. The summed E-state index contributed by atoms with van der Waals surface area (Å²) >= 11 is 0. The van der Waals surface area contributed by atoms with Gasteiger partial charge in [0.05, 0.1) is 0 Å². The first-order valence-corrected chi connectivity index (χ1v) is 13.7. The van der Waals surface area contributed by atoms with Crippen molar-refractivity contribution >= 4 is 5.69 Å². The van der Waals surface area contributed by atoms with Gasteiger partial charge in [-0.3, -0.25) is 4.90 Å². The molecule has 5 rings (SSSR count). The molecule has 4 heteroatoms. The van der Waals surface area contributed by atoms with Crippen LogP contribution in [0.3, 0.4) is 0 Å². The summed E-state index contributed by atoms with van der Waals surface area (Å²) in [6.07, 6.45) is 2.50. The highest BCUT2D eigenvalue weighted by Gasteiger charge is 2.50. The third-order valence-corrected chi connectivity index (χ3v) is 6.56. The molecule has 0 spiro atoms.